The van der Waals surface area contributed by atoms with Crippen LogP contribution in [0.1, 0.15) is 12.5 Å². The summed E-state index contributed by atoms with van der Waals surface area (Å²) in [6.07, 6.45) is 0. The van der Waals surface area contributed by atoms with Gasteiger partial charge in [-0.15, -0.1) is 0 Å². The minimum Gasteiger partial charge on any atom is -0.334 e. The number of nitrogens with one attached hydrogen (secondary N) is 3. The zero-order valence-electron chi connectivity index (χ0n) is 17.5. The lowest BCUT2D eigenvalue weighted by Crippen LogP contribution is -2.19. The van der Waals surface area contributed by atoms with Crippen molar-refractivity contribution in [2.24, 2.45) is 0 Å². The van der Waals surface area contributed by atoms with E-state index in [9.17, 15) is 9.59 Å². The van der Waals surface area contributed by atoms with E-state index in [1.807, 2.05) is 49.4 Å². The fourth-order valence-corrected chi connectivity index (χ4v) is 3.19. The predicted molar refractivity (Wildman–Crippen MR) is 123 cm³/mol. The summed E-state index contributed by atoms with van der Waals surface area (Å²) in [5, 5.41) is 12.4. The molecule has 3 N–H and O–H groups in total. The molecule has 0 unspecified atom stereocenters. The van der Waals surface area contributed by atoms with Crippen LogP contribution in [-0.2, 0) is 4.79 Å². The SMILES string of the molecule is CC(=O)Nc1cccc(-c2nc(-c3cccc(NC(=O)Nc4ccccc4)c3)no2)c1C. The Morgan fingerprint density at radius 2 is 1.56 bits per heavy atom. The molecule has 8 nitrogen and oxygen atoms in total. The van der Waals surface area contributed by atoms with E-state index in [1.54, 1.807) is 30.3 Å². The Morgan fingerprint density at radius 1 is 0.844 bits per heavy atom. The van der Waals surface area contributed by atoms with Gasteiger partial charge in [-0.1, -0.05) is 41.6 Å². The summed E-state index contributed by atoms with van der Waals surface area (Å²) >= 11 is 0. The summed E-state index contributed by atoms with van der Waals surface area (Å²) in [6, 6.07) is 21.5. The monoisotopic (exact) mass is 427 g/mol. The molecule has 0 spiro atoms. The molecule has 0 saturated heterocycles. The van der Waals surface area contributed by atoms with Crippen LogP contribution in [0, 0.1) is 6.92 Å². The molecule has 0 fully saturated rings. The van der Waals surface area contributed by atoms with Gasteiger partial charge in [0, 0.05) is 35.1 Å². The van der Waals surface area contributed by atoms with E-state index >= 15 is 0 Å². The Bertz CT molecular complexity index is 1270. The van der Waals surface area contributed by atoms with Gasteiger partial charge in [-0.25, -0.2) is 4.79 Å². The van der Waals surface area contributed by atoms with Gasteiger partial charge in [0.05, 0.1) is 0 Å². The number of hydrogen-bond donors (Lipinski definition) is 3. The highest BCUT2D eigenvalue weighted by molar-refractivity contribution is 6.00. The molecule has 0 atom stereocenters. The number of nitrogens with zero attached hydrogens (tertiary/aromatic N) is 2. The number of amides is 3. The zero-order valence-corrected chi connectivity index (χ0v) is 17.5. The molecule has 0 aliphatic rings. The molecule has 8 heteroatoms. The van der Waals surface area contributed by atoms with Crippen LogP contribution in [0.3, 0.4) is 0 Å². The van der Waals surface area contributed by atoms with Crippen molar-refractivity contribution in [1.82, 2.24) is 10.1 Å². The molecule has 1 heterocycles. The molecular weight excluding hydrogens is 406 g/mol. The Kier molecular flexibility index (Phi) is 5.94. The van der Waals surface area contributed by atoms with E-state index in [1.165, 1.54) is 6.92 Å². The van der Waals surface area contributed by atoms with Gasteiger partial charge in [0.2, 0.25) is 11.7 Å². The first-order valence-corrected chi connectivity index (χ1v) is 9.94. The summed E-state index contributed by atoms with van der Waals surface area (Å²) in [5.74, 6) is 0.568. The van der Waals surface area contributed by atoms with Gasteiger partial charge >= 0.3 is 6.03 Å². The molecule has 0 bridgehead atoms. The minimum atomic E-state index is -0.354. The minimum absolute atomic E-state index is 0.155. The van der Waals surface area contributed by atoms with Crippen molar-refractivity contribution in [3.8, 4) is 22.8 Å². The van der Waals surface area contributed by atoms with Crippen LogP contribution in [-0.4, -0.2) is 22.1 Å². The third-order valence-corrected chi connectivity index (χ3v) is 4.71. The Balaban J connectivity index is 1.53. The highest BCUT2D eigenvalue weighted by Gasteiger charge is 2.15. The highest BCUT2D eigenvalue weighted by atomic mass is 16.5. The third-order valence-electron chi connectivity index (χ3n) is 4.71. The number of aromatic nitrogens is 2. The molecule has 4 rings (SSSR count). The van der Waals surface area contributed by atoms with Crippen molar-refractivity contribution in [2.75, 3.05) is 16.0 Å². The molecule has 160 valence electrons. The standard InChI is InChI=1S/C24H21N5O3/c1-15-20(12-7-13-21(15)25-16(2)30)23-28-22(29-32-23)17-8-6-11-19(14-17)27-24(31)26-18-9-4-3-5-10-18/h3-14H,1-2H3,(H,25,30)(H2,26,27,31). The fraction of sp³-hybridized carbons (Fsp3) is 0.0833. The van der Waals surface area contributed by atoms with Crippen molar-refractivity contribution in [3.05, 3.63) is 78.4 Å². The van der Waals surface area contributed by atoms with Gasteiger partial charge in [0.1, 0.15) is 0 Å². The topological polar surface area (TPSA) is 109 Å². The van der Waals surface area contributed by atoms with E-state index in [4.69, 9.17) is 4.52 Å². The molecule has 1 aromatic heterocycles. The van der Waals surface area contributed by atoms with Crippen molar-refractivity contribution < 1.29 is 14.1 Å². The van der Waals surface area contributed by atoms with Crippen molar-refractivity contribution >= 4 is 29.0 Å². The van der Waals surface area contributed by atoms with E-state index in [-0.39, 0.29) is 11.9 Å². The lowest BCUT2D eigenvalue weighted by molar-refractivity contribution is -0.114. The van der Waals surface area contributed by atoms with Crippen LogP contribution in [0.5, 0.6) is 0 Å². The molecular formula is C24H21N5O3. The molecule has 0 aliphatic heterocycles. The molecule has 0 radical (unpaired) electrons. The third kappa shape index (κ3) is 4.81. The molecule has 0 saturated carbocycles. The van der Waals surface area contributed by atoms with Gasteiger partial charge in [0.15, 0.2) is 0 Å². The van der Waals surface area contributed by atoms with Crippen LogP contribution in [0.25, 0.3) is 22.8 Å². The summed E-state index contributed by atoms with van der Waals surface area (Å²) in [4.78, 5) is 28.2. The average molecular weight is 427 g/mol. The maximum absolute atomic E-state index is 12.3. The van der Waals surface area contributed by atoms with E-state index in [0.717, 1.165) is 11.1 Å². The molecule has 3 aromatic carbocycles. The normalized spacial score (nSPS) is 10.4. The van der Waals surface area contributed by atoms with E-state index in [2.05, 4.69) is 26.1 Å². The van der Waals surface area contributed by atoms with Gasteiger partial charge in [-0.05, 0) is 48.9 Å². The van der Waals surface area contributed by atoms with Gasteiger partial charge in [-0.2, -0.15) is 4.98 Å². The number of anilines is 3. The summed E-state index contributed by atoms with van der Waals surface area (Å²) in [7, 11) is 0. The van der Waals surface area contributed by atoms with Crippen LogP contribution in [0.15, 0.2) is 77.3 Å². The molecule has 32 heavy (non-hydrogen) atoms. The lowest BCUT2D eigenvalue weighted by atomic mass is 10.1. The van der Waals surface area contributed by atoms with Crippen molar-refractivity contribution in [2.45, 2.75) is 13.8 Å². The van der Waals surface area contributed by atoms with Crippen molar-refractivity contribution in [3.63, 3.8) is 0 Å². The van der Waals surface area contributed by atoms with Gasteiger partial charge in [0.25, 0.3) is 5.89 Å². The summed E-state index contributed by atoms with van der Waals surface area (Å²) < 4.78 is 5.47. The fourth-order valence-electron chi connectivity index (χ4n) is 3.19. The summed E-state index contributed by atoms with van der Waals surface area (Å²) in [5.41, 5.74) is 4.21. The maximum Gasteiger partial charge on any atom is 0.323 e. The van der Waals surface area contributed by atoms with E-state index < -0.39 is 0 Å². The Hall–Kier alpha value is -4.46. The van der Waals surface area contributed by atoms with Gasteiger partial charge in [-0.3, -0.25) is 4.79 Å². The molecule has 3 amide bonds. The number of carbonyl (C=O) groups is 2. The number of carbonyl (C=O) groups excluding carboxylic acids is 2. The second-order valence-corrected chi connectivity index (χ2v) is 7.11. The number of rotatable bonds is 5. The number of urea groups is 1. The van der Waals surface area contributed by atoms with Crippen LogP contribution in [0.2, 0.25) is 0 Å². The first-order chi connectivity index (χ1) is 15.5. The molecule has 0 aliphatic carbocycles. The predicted octanol–water partition coefficient (Wildman–Crippen LogP) is 5.31. The summed E-state index contributed by atoms with van der Waals surface area (Å²) in [6.45, 7) is 3.33. The van der Waals surface area contributed by atoms with Crippen LogP contribution >= 0.6 is 0 Å². The average Bonchev–Trinajstić information content (AvgIpc) is 3.26. The first kappa shape index (κ1) is 20.8. The molecule has 4 aromatic rings. The Labute approximate surface area is 184 Å². The van der Waals surface area contributed by atoms with E-state index in [0.29, 0.717) is 34.3 Å². The lowest BCUT2D eigenvalue weighted by Gasteiger charge is -2.08. The second-order valence-electron chi connectivity index (χ2n) is 7.11. The largest absolute Gasteiger partial charge is 0.334 e. The highest BCUT2D eigenvalue weighted by Crippen LogP contribution is 2.29. The quantitative estimate of drug-likeness (QED) is 0.400. The Morgan fingerprint density at radius 3 is 2.34 bits per heavy atom. The second kappa shape index (κ2) is 9.13. The first-order valence-electron chi connectivity index (χ1n) is 9.94. The smallest absolute Gasteiger partial charge is 0.323 e. The van der Waals surface area contributed by atoms with Crippen LogP contribution < -0.4 is 16.0 Å². The van der Waals surface area contributed by atoms with Crippen molar-refractivity contribution in [1.29, 1.82) is 0 Å². The number of para-hydroxylation sites is 1. The zero-order chi connectivity index (χ0) is 22.5. The number of benzene rings is 3. The number of hydrogen-bond acceptors (Lipinski definition) is 5. The van der Waals surface area contributed by atoms with Gasteiger partial charge < -0.3 is 20.5 Å². The maximum atomic E-state index is 12.3. The van der Waals surface area contributed by atoms with Crippen LogP contribution in [0.4, 0.5) is 21.9 Å².